The molecule has 0 fully saturated rings. The van der Waals surface area contributed by atoms with Crippen LogP contribution in [0.1, 0.15) is 12.5 Å². The van der Waals surface area contributed by atoms with Crippen LogP contribution in [0.3, 0.4) is 0 Å². The van der Waals surface area contributed by atoms with Crippen LogP contribution in [0.5, 0.6) is 0 Å². The van der Waals surface area contributed by atoms with E-state index < -0.39 is 0 Å². The van der Waals surface area contributed by atoms with E-state index in [2.05, 4.69) is 30.3 Å². The molecule has 1 heteroatoms. The summed E-state index contributed by atoms with van der Waals surface area (Å²) in [6, 6.07) is 16.4. The summed E-state index contributed by atoms with van der Waals surface area (Å²) in [4.78, 5) is 0. The Hall–Kier alpha value is -1.53. The lowest BCUT2D eigenvalue weighted by Crippen LogP contribution is -1.78. The molecule has 0 amide bonds. The van der Waals surface area contributed by atoms with E-state index in [9.17, 15) is 0 Å². The summed E-state index contributed by atoms with van der Waals surface area (Å²) in [6.07, 6.45) is 4.13. The molecule has 0 aliphatic heterocycles. The van der Waals surface area contributed by atoms with Gasteiger partial charge in [-0.3, -0.25) is 0 Å². The van der Waals surface area contributed by atoms with Crippen LogP contribution in [0.2, 0.25) is 5.02 Å². The molecule has 80 valence electrons. The van der Waals surface area contributed by atoms with Gasteiger partial charge in [0.2, 0.25) is 0 Å². The van der Waals surface area contributed by atoms with Gasteiger partial charge in [-0.15, -0.1) is 0 Å². The number of hydrogen-bond acceptors (Lipinski definition) is 0. The van der Waals surface area contributed by atoms with Crippen LogP contribution in [0.25, 0.3) is 17.2 Å². The zero-order valence-corrected chi connectivity index (χ0v) is 9.91. The molecule has 0 bridgehead atoms. The summed E-state index contributed by atoms with van der Waals surface area (Å²) in [6.45, 7) is 2.02. The lowest BCUT2D eigenvalue weighted by atomic mass is 10.0. The molecule has 0 saturated carbocycles. The second-order valence-corrected chi connectivity index (χ2v) is 4.07. The molecule has 16 heavy (non-hydrogen) atoms. The first kappa shape index (κ1) is 11.0. The fraction of sp³-hybridized carbons (Fsp3) is 0.0667. The molecule has 0 nitrogen and oxygen atoms in total. The van der Waals surface area contributed by atoms with E-state index in [1.807, 2.05) is 37.3 Å². The van der Waals surface area contributed by atoms with Crippen molar-refractivity contribution in [3.05, 3.63) is 65.2 Å². The normalized spacial score (nSPS) is 10.9. The van der Waals surface area contributed by atoms with Crippen LogP contribution in [0.4, 0.5) is 0 Å². The van der Waals surface area contributed by atoms with Crippen molar-refractivity contribution in [2.45, 2.75) is 6.92 Å². The van der Waals surface area contributed by atoms with Gasteiger partial charge in [0.1, 0.15) is 0 Å². The van der Waals surface area contributed by atoms with Crippen molar-refractivity contribution in [1.29, 1.82) is 0 Å². The Balaban J connectivity index is 2.31. The summed E-state index contributed by atoms with van der Waals surface area (Å²) in [5.74, 6) is 0. The maximum atomic E-state index is 5.86. The fourth-order valence-electron chi connectivity index (χ4n) is 1.62. The number of halogens is 1. The van der Waals surface area contributed by atoms with Gasteiger partial charge < -0.3 is 0 Å². The molecule has 2 rings (SSSR count). The van der Waals surface area contributed by atoms with Gasteiger partial charge in [0.15, 0.2) is 0 Å². The molecule has 2 aromatic rings. The minimum atomic E-state index is 0.772. The van der Waals surface area contributed by atoms with Crippen LogP contribution in [0, 0.1) is 0 Å². The summed E-state index contributed by atoms with van der Waals surface area (Å²) in [5.41, 5.74) is 3.63. The van der Waals surface area contributed by atoms with Gasteiger partial charge in [-0.25, -0.2) is 0 Å². The van der Waals surface area contributed by atoms with Crippen molar-refractivity contribution >= 4 is 17.7 Å². The van der Waals surface area contributed by atoms with Crippen molar-refractivity contribution in [3.8, 4) is 11.1 Å². The van der Waals surface area contributed by atoms with E-state index in [4.69, 9.17) is 11.6 Å². The predicted molar refractivity (Wildman–Crippen MR) is 71.6 cm³/mol. The third-order valence-corrected chi connectivity index (χ3v) is 2.70. The van der Waals surface area contributed by atoms with Crippen LogP contribution in [0.15, 0.2) is 54.6 Å². The molecule has 0 saturated heterocycles. The van der Waals surface area contributed by atoms with Crippen LogP contribution in [-0.4, -0.2) is 0 Å². The highest BCUT2D eigenvalue weighted by Crippen LogP contribution is 2.22. The molecule has 0 N–H and O–H groups in total. The molecule has 0 unspecified atom stereocenters. The van der Waals surface area contributed by atoms with Gasteiger partial charge in [-0.1, -0.05) is 60.2 Å². The largest absolute Gasteiger partial charge is 0.0871 e. The van der Waals surface area contributed by atoms with Crippen LogP contribution < -0.4 is 0 Å². The van der Waals surface area contributed by atoms with Gasteiger partial charge in [0.05, 0.1) is 0 Å². The van der Waals surface area contributed by atoms with E-state index in [-0.39, 0.29) is 0 Å². The first-order valence-electron chi connectivity index (χ1n) is 5.28. The maximum Gasteiger partial charge on any atom is 0.0406 e. The van der Waals surface area contributed by atoms with Crippen molar-refractivity contribution < 1.29 is 0 Å². The number of allylic oxidation sites excluding steroid dienone is 1. The standard InChI is InChI=1S/C15H13Cl/c1-2-3-12-4-6-13(7-5-12)14-8-10-15(16)11-9-14/h2-11H,1H3/b3-2+. The quantitative estimate of drug-likeness (QED) is 0.676. The molecule has 0 spiro atoms. The molecule has 2 aromatic carbocycles. The molecular weight excluding hydrogens is 216 g/mol. The minimum absolute atomic E-state index is 0.772. The highest BCUT2D eigenvalue weighted by molar-refractivity contribution is 6.30. The third kappa shape index (κ3) is 2.53. The first-order valence-corrected chi connectivity index (χ1v) is 5.66. The Morgan fingerprint density at radius 2 is 1.31 bits per heavy atom. The number of benzene rings is 2. The van der Waals surface area contributed by atoms with E-state index in [1.54, 1.807) is 0 Å². The van der Waals surface area contributed by atoms with Crippen LogP contribution >= 0.6 is 11.6 Å². The molecular formula is C15H13Cl. The Morgan fingerprint density at radius 1 is 0.812 bits per heavy atom. The van der Waals surface area contributed by atoms with E-state index in [1.165, 1.54) is 16.7 Å². The average molecular weight is 229 g/mol. The predicted octanol–water partition coefficient (Wildman–Crippen LogP) is 5.04. The SMILES string of the molecule is C/C=C/c1ccc(-c2ccc(Cl)cc2)cc1. The van der Waals surface area contributed by atoms with Crippen molar-refractivity contribution in [3.63, 3.8) is 0 Å². The Morgan fingerprint density at radius 3 is 1.81 bits per heavy atom. The number of hydrogen-bond donors (Lipinski definition) is 0. The molecule has 0 aliphatic rings. The summed E-state index contributed by atoms with van der Waals surface area (Å²) in [5, 5.41) is 0.772. The lowest BCUT2D eigenvalue weighted by Gasteiger charge is -2.02. The second kappa shape index (κ2) is 5.00. The van der Waals surface area contributed by atoms with Gasteiger partial charge in [0.25, 0.3) is 0 Å². The van der Waals surface area contributed by atoms with Gasteiger partial charge in [-0.05, 0) is 35.7 Å². The van der Waals surface area contributed by atoms with E-state index >= 15 is 0 Å². The third-order valence-electron chi connectivity index (χ3n) is 2.45. The maximum absolute atomic E-state index is 5.86. The average Bonchev–Trinajstić information content (AvgIpc) is 2.32. The number of rotatable bonds is 2. The molecule has 0 aliphatic carbocycles. The smallest absolute Gasteiger partial charge is 0.0406 e. The summed E-state index contributed by atoms with van der Waals surface area (Å²) < 4.78 is 0. The monoisotopic (exact) mass is 228 g/mol. The highest BCUT2D eigenvalue weighted by Gasteiger charge is 1.96. The Labute approximate surface area is 101 Å². The van der Waals surface area contributed by atoms with E-state index in [0.717, 1.165) is 5.02 Å². The fourth-order valence-corrected chi connectivity index (χ4v) is 1.75. The lowest BCUT2D eigenvalue weighted by molar-refractivity contribution is 1.59. The molecule has 0 heterocycles. The topological polar surface area (TPSA) is 0 Å². The van der Waals surface area contributed by atoms with E-state index in [0.29, 0.717) is 0 Å². The van der Waals surface area contributed by atoms with Gasteiger partial charge >= 0.3 is 0 Å². The Bertz CT molecular complexity index is 478. The first-order chi connectivity index (χ1) is 7.79. The van der Waals surface area contributed by atoms with Crippen molar-refractivity contribution in [2.75, 3.05) is 0 Å². The molecule has 0 atom stereocenters. The van der Waals surface area contributed by atoms with Gasteiger partial charge in [0, 0.05) is 5.02 Å². The Kier molecular flexibility index (Phi) is 3.43. The van der Waals surface area contributed by atoms with Gasteiger partial charge in [-0.2, -0.15) is 0 Å². The molecule has 0 radical (unpaired) electrons. The van der Waals surface area contributed by atoms with Crippen LogP contribution in [-0.2, 0) is 0 Å². The molecule has 0 aromatic heterocycles. The summed E-state index contributed by atoms with van der Waals surface area (Å²) in [7, 11) is 0. The minimum Gasteiger partial charge on any atom is -0.0871 e. The van der Waals surface area contributed by atoms with Crippen molar-refractivity contribution in [2.24, 2.45) is 0 Å². The van der Waals surface area contributed by atoms with Crippen molar-refractivity contribution in [1.82, 2.24) is 0 Å². The highest BCUT2D eigenvalue weighted by atomic mass is 35.5. The summed E-state index contributed by atoms with van der Waals surface area (Å²) >= 11 is 5.86. The zero-order valence-electron chi connectivity index (χ0n) is 9.15. The second-order valence-electron chi connectivity index (χ2n) is 3.63. The zero-order chi connectivity index (χ0) is 11.4.